The van der Waals surface area contributed by atoms with Gasteiger partial charge in [0.05, 0.1) is 41.7 Å². The molecule has 1 N–H and O–H groups in total. The minimum Gasteiger partial charge on any atom is -0.433 e. The van der Waals surface area contributed by atoms with Crippen LogP contribution < -0.4 is 15.0 Å². The van der Waals surface area contributed by atoms with Crippen LogP contribution in [0.3, 0.4) is 0 Å². The summed E-state index contributed by atoms with van der Waals surface area (Å²) in [6.07, 6.45) is 1.44. The highest BCUT2D eigenvalue weighted by atomic mass is 19.3. The highest BCUT2D eigenvalue weighted by Crippen LogP contribution is 2.28. The molecule has 1 aromatic carbocycles. The van der Waals surface area contributed by atoms with Crippen LogP contribution in [0.5, 0.6) is 5.75 Å². The van der Waals surface area contributed by atoms with Crippen molar-refractivity contribution in [2.75, 3.05) is 23.3 Å². The molecule has 0 bridgehead atoms. The van der Waals surface area contributed by atoms with Crippen molar-refractivity contribution in [2.24, 2.45) is 0 Å². The molecular formula is C21H23F2N5O2. The largest absolute Gasteiger partial charge is 0.433 e. The number of fused-ring (bicyclic) bond motifs is 1. The molecule has 3 heterocycles. The lowest BCUT2D eigenvalue weighted by molar-refractivity contribution is -0.0500. The summed E-state index contributed by atoms with van der Waals surface area (Å²) >= 11 is 0. The van der Waals surface area contributed by atoms with Gasteiger partial charge < -0.3 is 19.7 Å². The lowest BCUT2D eigenvalue weighted by atomic mass is 10.2. The standard InChI is InChI=1S/C21H23F2N5O2/c1-13-11-28(12-14(2)29-13)20-19(26-17-5-3-4-6-18(17)27-20)25-9-15-7-8-16(10-24-15)30-21(22)23/h3-8,10,13-14,21H,9,11-12H2,1-2H3,(H,25,26). The molecule has 2 aromatic heterocycles. The number of pyridine rings is 1. The summed E-state index contributed by atoms with van der Waals surface area (Å²) in [4.78, 5) is 16.0. The molecule has 158 valence electrons. The molecule has 0 spiro atoms. The van der Waals surface area contributed by atoms with E-state index in [0.717, 1.165) is 16.9 Å². The number of halogens is 2. The normalized spacial score (nSPS) is 19.3. The van der Waals surface area contributed by atoms with Crippen molar-refractivity contribution in [3.05, 3.63) is 48.3 Å². The Balaban J connectivity index is 1.58. The predicted octanol–water partition coefficient (Wildman–Crippen LogP) is 3.85. The van der Waals surface area contributed by atoms with Crippen molar-refractivity contribution < 1.29 is 18.3 Å². The van der Waals surface area contributed by atoms with Crippen molar-refractivity contribution in [3.63, 3.8) is 0 Å². The number of morpholine rings is 1. The summed E-state index contributed by atoms with van der Waals surface area (Å²) in [5, 5.41) is 3.30. The maximum absolute atomic E-state index is 12.3. The Morgan fingerprint density at radius 2 is 1.80 bits per heavy atom. The van der Waals surface area contributed by atoms with E-state index in [1.54, 1.807) is 6.07 Å². The van der Waals surface area contributed by atoms with E-state index in [-0.39, 0.29) is 18.0 Å². The van der Waals surface area contributed by atoms with E-state index in [1.807, 2.05) is 38.1 Å². The van der Waals surface area contributed by atoms with E-state index in [0.29, 0.717) is 31.1 Å². The first-order valence-electron chi connectivity index (χ1n) is 9.78. The van der Waals surface area contributed by atoms with Crippen LogP contribution in [0.2, 0.25) is 0 Å². The van der Waals surface area contributed by atoms with Crippen molar-refractivity contribution in [2.45, 2.75) is 39.2 Å². The van der Waals surface area contributed by atoms with Crippen LogP contribution in [-0.2, 0) is 11.3 Å². The third-order valence-electron chi connectivity index (χ3n) is 4.73. The second kappa shape index (κ2) is 8.74. The fourth-order valence-electron chi connectivity index (χ4n) is 3.54. The Morgan fingerprint density at radius 3 is 2.43 bits per heavy atom. The summed E-state index contributed by atoms with van der Waals surface area (Å²) in [6, 6.07) is 10.8. The highest BCUT2D eigenvalue weighted by Gasteiger charge is 2.26. The number of anilines is 2. The van der Waals surface area contributed by atoms with Gasteiger partial charge in [-0.25, -0.2) is 9.97 Å². The molecule has 2 unspecified atom stereocenters. The molecule has 0 aliphatic carbocycles. The topological polar surface area (TPSA) is 72.4 Å². The fourth-order valence-corrected chi connectivity index (χ4v) is 3.54. The average molecular weight is 415 g/mol. The zero-order chi connectivity index (χ0) is 21.1. The minimum atomic E-state index is -2.87. The number of hydrogen-bond donors (Lipinski definition) is 1. The number of alkyl halides is 2. The van der Waals surface area contributed by atoms with Gasteiger partial charge in [0.25, 0.3) is 0 Å². The smallest absolute Gasteiger partial charge is 0.387 e. The van der Waals surface area contributed by atoms with Gasteiger partial charge in [0.15, 0.2) is 11.6 Å². The molecule has 3 aromatic rings. The van der Waals surface area contributed by atoms with Gasteiger partial charge in [-0.15, -0.1) is 0 Å². The van der Waals surface area contributed by atoms with Crippen LogP contribution in [0.25, 0.3) is 11.0 Å². The van der Waals surface area contributed by atoms with Crippen molar-refractivity contribution >= 4 is 22.7 Å². The molecule has 0 saturated carbocycles. The summed E-state index contributed by atoms with van der Waals surface area (Å²) < 4.78 is 34.8. The number of rotatable bonds is 6. The maximum Gasteiger partial charge on any atom is 0.387 e. The lowest BCUT2D eigenvalue weighted by Gasteiger charge is -2.36. The van der Waals surface area contributed by atoms with E-state index in [9.17, 15) is 8.78 Å². The van der Waals surface area contributed by atoms with Crippen molar-refractivity contribution in [1.82, 2.24) is 15.0 Å². The van der Waals surface area contributed by atoms with Gasteiger partial charge in [-0.05, 0) is 38.1 Å². The van der Waals surface area contributed by atoms with Gasteiger partial charge in [-0.2, -0.15) is 8.78 Å². The van der Waals surface area contributed by atoms with Crippen molar-refractivity contribution in [1.29, 1.82) is 0 Å². The molecule has 1 aliphatic rings. The van der Waals surface area contributed by atoms with Gasteiger partial charge >= 0.3 is 6.61 Å². The fraction of sp³-hybridized carbons (Fsp3) is 0.381. The van der Waals surface area contributed by atoms with Crippen LogP contribution >= 0.6 is 0 Å². The Morgan fingerprint density at radius 1 is 1.10 bits per heavy atom. The summed E-state index contributed by atoms with van der Waals surface area (Å²) in [6.45, 7) is 3.00. The van der Waals surface area contributed by atoms with Crippen LogP contribution in [-0.4, -0.2) is 46.9 Å². The van der Waals surface area contributed by atoms with Gasteiger partial charge in [-0.3, -0.25) is 4.98 Å². The summed E-state index contributed by atoms with van der Waals surface area (Å²) in [7, 11) is 0. The summed E-state index contributed by atoms with van der Waals surface area (Å²) in [5.41, 5.74) is 2.27. The lowest BCUT2D eigenvalue weighted by Crippen LogP contribution is -2.46. The van der Waals surface area contributed by atoms with E-state index in [2.05, 4.69) is 19.9 Å². The van der Waals surface area contributed by atoms with E-state index < -0.39 is 6.61 Å². The third kappa shape index (κ3) is 4.73. The Labute approximate surface area is 173 Å². The van der Waals surface area contributed by atoms with E-state index >= 15 is 0 Å². The average Bonchev–Trinajstić information content (AvgIpc) is 2.71. The second-order valence-corrected chi connectivity index (χ2v) is 7.26. The first-order chi connectivity index (χ1) is 14.5. The second-order valence-electron chi connectivity index (χ2n) is 7.26. The zero-order valence-corrected chi connectivity index (χ0v) is 16.8. The van der Waals surface area contributed by atoms with E-state index in [1.165, 1.54) is 12.3 Å². The first-order valence-corrected chi connectivity index (χ1v) is 9.78. The monoisotopic (exact) mass is 415 g/mol. The quantitative estimate of drug-likeness (QED) is 0.656. The maximum atomic E-state index is 12.3. The molecule has 0 amide bonds. The Kier molecular flexibility index (Phi) is 5.89. The molecule has 7 nitrogen and oxygen atoms in total. The number of hydrogen-bond acceptors (Lipinski definition) is 7. The highest BCUT2D eigenvalue weighted by molar-refractivity contribution is 5.80. The van der Waals surface area contributed by atoms with Crippen LogP contribution in [0.15, 0.2) is 42.6 Å². The number of nitrogens with one attached hydrogen (secondary N) is 1. The predicted molar refractivity (Wildman–Crippen MR) is 110 cm³/mol. The molecule has 9 heteroatoms. The molecule has 1 saturated heterocycles. The molecule has 4 rings (SSSR count). The first kappa shape index (κ1) is 20.2. The van der Waals surface area contributed by atoms with Gasteiger partial charge in [0.2, 0.25) is 0 Å². The van der Waals surface area contributed by atoms with Crippen LogP contribution in [0.4, 0.5) is 20.4 Å². The SMILES string of the molecule is CC1CN(c2nc3ccccc3nc2NCc2ccc(OC(F)F)cn2)CC(C)O1. The molecule has 30 heavy (non-hydrogen) atoms. The Hall–Kier alpha value is -3.07. The number of ether oxygens (including phenoxy) is 2. The number of para-hydroxylation sites is 2. The van der Waals surface area contributed by atoms with Gasteiger partial charge in [0, 0.05) is 13.1 Å². The number of benzene rings is 1. The zero-order valence-electron chi connectivity index (χ0n) is 16.8. The minimum absolute atomic E-state index is 0.0243. The third-order valence-corrected chi connectivity index (χ3v) is 4.73. The van der Waals surface area contributed by atoms with Crippen LogP contribution in [0, 0.1) is 0 Å². The number of aromatic nitrogens is 3. The molecule has 1 fully saturated rings. The van der Waals surface area contributed by atoms with Gasteiger partial charge in [-0.1, -0.05) is 12.1 Å². The molecule has 0 radical (unpaired) electrons. The molecular weight excluding hydrogens is 392 g/mol. The van der Waals surface area contributed by atoms with Crippen LogP contribution in [0.1, 0.15) is 19.5 Å². The molecule has 1 aliphatic heterocycles. The van der Waals surface area contributed by atoms with E-state index in [4.69, 9.17) is 14.7 Å². The van der Waals surface area contributed by atoms with Gasteiger partial charge in [0.1, 0.15) is 5.75 Å². The number of nitrogens with zero attached hydrogens (tertiary/aromatic N) is 4. The summed E-state index contributed by atoms with van der Waals surface area (Å²) in [5.74, 6) is 1.43. The van der Waals surface area contributed by atoms with Crippen molar-refractivity contribution in [3.8, 4) is 5.75 Å². The molecule has 2 atom stereocenters. The Bertz CT molecular complexity index is 992.